The molecule has 0 saturated heterocycles. The molecule has 0 radical (unpaired) electrons. The van der Waals surface area contributed by atoms with Crippen molar-refractivity contribution >= 4 is 28.5 Å². The number of hydrogen-bond donors (Lipinski definition) is 3. The number of nitrogens with one attached hydrogen (secondary N) is 2. The number of carboxylic acid groups (broad SMARTS) is 1. The monoisotopic (exact) mass is 306 g/mol. The molecule has 0 aliphatic heterocycles. The number of benzene rings is 1. The molecule has 1 aromatic carbocycles. The van der Waals surface area contributed by atoms with Crippen molar-refractivity contribution in [1.29, 1.82) is 0 Å². The van der Waals surface area contributed by atoms with Gasteiger partial charge >= 0.3 is 5.97 Å². The number of non-ortho nitro benzene ring substituents is 1. The number of H-pyrrole nitrogens is 1. The molecule has 0 aliphatic carbocycles. The van der Waals surface area contributed by atoms with Crippen LogP contribution in [0.25, 0.3) is 10.9 Å². The number of aliphatic carboxylic acids is 1. The fourth-order valence-corrected chi connectivity index (χ4v) is 1.98. The third-order valence-electron chi connectivity index (χ3n) is 3.08. The number of aromatic nitrogens is 2. The summed E-state index contributed by atoms with van der Waals surface area (Å²) in [6, 6.07) is 4.11. The van der Waals surface area contributed by atoms with Crippen LogP contribution in [0.2, 0.25) is 0 Å². The van der Waals surface area contributed by atoms with Crippen molar-refractivity contribution in [3.63, 3.8) is 0 Å². The summed E-state index contributed by atoms with van der Waals surface area (Å²) in [5.41, 5.74) is 0.489. The Hall–Kier alpha value is -2.97. The van der Waals surface area contributed by atoms with E-state index in [0.717, 1.165) is 0 Å². The first-order valence-corrected chi connectivity index (χ1v) is 6.61. The Morgan fingerprint density at radius 1 is 1.36 bits per heavy atom. The molecule has 0 fully saturated rings. The van der Waals surface area contributed by atoms with Gasteiger partial charge < -0.3 is 10.4 Å². The maximum Gasteiger partial charge on any atom is 0.303 e. The van der Waals surface area contributed by atoms with Crippen LogP contribution in [-0.4, -0.2) is 38.6 Å². The maximum absolute atomic E-state index is 12.0. The number of hydrogen-bond acceptors (Lipinski definition) is 5. The Morgan fingerprint density at radius 2 is 2.14 bits per heavy atom. The van der Waals surface area contributed by atoms with E-state index >= 15 is 0 Å². The van der Waals surface area contributed by atoms with Crippen LogP contribution in [0.3, 0.4) is 0 Å². The summed E-state index contributed by atoms with van der Waals surface area (Å²) in [6.07, 6.45) is 1.04. The summed E-state index contributed by atoms with van der Waals surface area (Å²) >= 11 is 0. The fraction of sp³-hybridized carbons (Fsp3) is 0.308. The van der Waals surface area contributed by atoms with Gasteiger partial charge in [0.2, 0.25) is 0 Å². The first-order chi connectivity index (χ1) is 10.5. The van der Waals surface area contributed by atoms with Gasteiger partial charge in [-0.2, -0.15) is 5.10 Å². The van der Waals surface area contributed by atoms with Crippen LogP contribution in [0.5, 0.6) is 0 Å². The van der Waals surface area contributed by atoms with Gasteiger partial charge in [-0.15, -0.1) is 0 Å². The van der Waals surface area contributed by atoms with Gasteiger partial charge in [-0.05, 0) is 18.9 Å². The van der Waals surface area contributed by atoms with E-state index in [-0.39, 0.29) is 17.8 Å². The van der Waals surface area contributed by atoms with Crippen LogP contribution in [0.4, 0.5) is 5.69 Å². The number of aromatic amines is 1. The molecule has 2 rings (SSSR count). The normalized spacial score (nSPS) is 10.5. The standard InChI is InChI=1S/C13H14N4O5/c18-11(19)3-1-2-6-14-13(20)12-9-7-8(17(21)22)4-5-10(9)15-16-12/h4-5,7H,1-3,6H2,(H,14,20)(H,15,16)(H,18,19). The highest BCUT2D eigenvalue weighted by atomic mass is 16.6. The van der Waals surface area contributed by atoms with Crippen molar-refractivity contribution < 1.29 is 19.6 Å². The van der Waals surface area contributed by atoms with Crippen LogP contribution in [0.15, 0.2) is 18.2 Å². The predicted molar refractivity (Wildman–Crippen MR) is 76.6 cm³/mol. The summed E-state index contributed by atoms with van der Waals surface area (Å²) in [5, 5.41) is 28.8. The number of carbonyl (C=O) groups is 2. The van der Waals surface area contributed by atoms with Crippen molar-refractivity contribution in [2.24, 2.45) is 0 Å². The summed E-state index contributed by atoms with van der Waals surface area (Å²) in [7, 11) is 0. The Morgan fingerprint density at radius 3 is 2.82 bits per heavy atom. The number of nitro benzene ring substituents is 1. The van der Waals surface area contributed by atoms with Gasteiger partial charge in [-0.25, -0.2) is 0 Å². The van der Waals surface area contributed by atoms with Crippen molar-refractivity contribution in [3.8, 4) is 0 Å². The lowest BCUT2D eigenvalue weighted by atomic mass is 10.2. The lowest BCUT2D eigenvalue weighted by Crippen LogP contribution is -2.25. The molecule has 1 amide bonds. The van der Waals surface area contributed by atoms with Crippen LogP contribution in [0.1, 0.15) is 29.8 Å². The molecule has 0 spiro atoms. The van der Waals surface area contributed by atoms with E-state index in [4.69, 9.17) is 5.11 Å². The second-order valence-corrected chi connectivity index (χ2v) is 4.67. The Balaban J connectivity index is 2.03. The first kappa shape index (κ1) is 15.4. The molecule has 0 unspecified atom stereocenters. The third-order valence-corrected chi connectivity index (χ3v) is 3.08. The molecule has 2 aromatic rings. The molecule has 22 heavy (non-hydrogen) atoms. The smallest absolute Gasteiger partial charge is 0.303 e. The SMILES string of the molecule is O=C(O)CCCCNC(=O)c1n[nH]c2ccc([N+](=O)[O-])cc12. The number of unbranched alkanes of at least 4 members (excludes halogenated alkanes) is 1. The molecule has 0 atom stereocenters. The zero-order chi connectivity index (χ0) is 16.1. The molecular weight excluding hydrogens is 292 g/mol. The average molecular weight is 306 g/mol. The van der Waals surface area contributed by atoms with E-state index in [9.17, 15) is 19.7 Å². The van der Waals surface area contributed by atoms with Crippen molar-refractivity contribution in [2.75, 3.05) is 6.54 Å². The van der Waals surface area contributed by atoms with Crippen LogP contribution < -0.4 is 5.32 Å². The highest BCUT2D eigenvalue weighted by molar-refractivity contribution is 6.05. The lowest BCUT2D eigenvalue weighted by Gasteiger charge is -2.02. The van der Waals surface area contributed by atoms with Gasteiger partial charge in [-0.1, -0.05) is 0 Å². The molecule has 1 aromatic heterocycles. The Labute approximate surface area is 124 Å². The summed E-state index contributed by atoms with van der Waals surface area (Å²) in [4.78, 5) is 32.6. The second kappa shape index (κ2) is 6.66. The lowest BCUT2D eigenvalue weighted by molar-refractivity contribution is -0.384. The zero-order valence-electron chi connectivity index (χ0n) is 11.5. The van der Waals surface area contributed by atoms with Gasteiger partial charge in [-0.3, -0.25) is 24.8 Å². The van der Waals surface area contributed by atoms with Gasteiger partial charge in [0.15, 0.2) is 5.69 Å². The van der Waals surface area contributed by atoms with Crippen LogP contribution in [-0.2, 0) is 4.79 Å². The third kappa shape index (κ3) is 3.57. The van der Waals surface area contributed by atoms with Gasteiger partial charge in [0.05, 0.1) is 10.4 Å². The number of rotatable bonds is 7. The van der Waals surface area contributed by atoms with Gasteiger partial charge in [0.1, 0.15) is 0 Å². The number of nitrogens with zero attached hydrogens (tertiary/aromatic N) is 2. The zero-order valence-corrected chi connectivity index (χ0v) is 11.5. The predicted octanol–water partition coefficient (Wildman–Crippen LogP) is 1.46. The highest BCUT2D eigenvalue weighted by Crippen LogP contribution is 2.21. The molecule has 0 bridgehead atoms. The molecule has 9 nitrogen and oxygen atoms in total. The largest absolute Gasteiger partial charge is 0.481 e. The minimum atomic E-state index is -0.878. The first-order valence-electron chi connectivity index (χ1n) is 6.61. The minimum Gasteiger partial charge on any atom is -0.481 e. The molecule has 0 aliphatic rings. The van der Waals surface area contributed by atoms with Crippen molar-refractivity contribution in [1.82, 2.24) is 15.5 Å². The topological polar surface area (TPSA) is 138 Å². The molecule has 9 heteroatoms. The van der Waals surface area contributed by atoms with Crippen LogP contribution in [0, 0.1) is 10.1 Å². The number of carboxylic acids is 1. The number of fused-ring (bicyclic) bond motifs is 1. The molecular formula is C13H14N4O5. The number of amides is 1. The molecule has 1 heterocycles. The second-order valence-electron chi connectivity index (χ2n) is 4.67. The van der Waals surface area contributed by atoms with E-state index in [1.54, 1.807) is 0 Å². The molecule has 0 saturated carbocycles. The van der Waals surface area contributed by atoms with Gasteiger partial charge in [0.25, 0.3) is 11.6 Å². The quantitative estimate of drug-likeness (QED) is 0.402. The fourth-order valence-electron chi connectivity index (χ4n) is 1.98. The Bertz CT molecular complexity index is 724. The number of carbonyl (C=O) groups excluding carboxylic acids is 1. The van der Waals surface area contributed by atoms with E-state index in [1.807, 2.05) is 0 Å². The van der Waals surface area contributed by atoms with Gasteiger partial charge in [0, 0.05) is 30.5 Å². The summed E-state index contributed by atoms with van der Waals surface area (Å²) in [6.45, 7) is 0.315. The van der Waals surface area contributed by atoms with Crippen molar-refractivity contribution in [3.05, 3.63) is 34.0 Å². The minimum absolute atomic E-state index is 0.0490. The van der Waals surface area contributed by atoms with E-state index in [2.05, 4.69) is 15.5 Å². The summed E-state index contributed by atoms with van der Waals surface area (Å²) < 4.78 is 0. The van der Waals surface area contributed by atoms with Crippen molar-refractivity contribution in [2.45, 2.75) is 19.3 Å². The van der Waals surface area contributed by atoms with E-state index in [1.165, 1.54) is 18.2 Å². The van der Waals surface area contributed by atoms with E-state index in [0.29, 0.717) is 30.3 Å². The molecule has 3 N–H and O–H groups in total. The van der Waals surface area contributed by atoms with E-state index < -0.39 is 16.8 Å². The molecule has 116 valence electrons. The number of nitro groups is 1. The maximum atomic E-state index is 12.0. The summed E-state index contributed by atoms with van der Waals surface area (Å²) in [5.74, 6) is -1.33. The average Bonchev–Trinajstić information content (AvgIpc) is 2.89. The van der Waals surface area contributed by atoms with Crippen LogP contribution >= 0.6 is 0 Å². The highest BCUT2D eigenvalue weighted by Gasteiger charge is 2.16. The Kier molecular flexibility index (Phi) is 4.66.